The number of rotatable bonds is 6. The molecule has 1 aliphatic heterocycles. The third-order valence-corrected chi connectivity index (χ3v) is 7.95. The minimum atomic E-state index is -3.91. The van der Waals surface area contributed by atoms with Crippen molar-refractivity contribution in [2.45, 2.75) is 37.1 Å². The second kappa shape index (κ2) is 7.97. The molecule has 0 aliphatic carbocycles. The second-order valence-corrected chi connectivity index (χ2v) is 10.2. The van der Waals surface area contributed by atoms with Crippen LogP contribution in [0.2, 0.25) is 0 Å². The summed E-state index contributed by atoms with van der Waals surface area (Å²) in [5.41, 5.74) is 1.61. The van der Waals surface area contributed by atoms with Gasteiger partial charge in [-0.1, -0.05) is 0 Å². The van der Waals surface area contributed by atoms with Crippen LogP contribution in [0, 0.1) is 6.92 Å². The number of nitrogens with zero attached hydrogens (tertiary/aromatic N) is 3. The van der Waals surface area contributed by atoms with Crippen LogP contribution in [0.15, 0.2) is 37.7 Å². The zero-order chi connectivity index (χ0) is 21.5. The Hall–Kier alpha value is -2.50. The number of fused-ring (bicyclic) bond motifs is 1. The van der Waals surface area contributed by atoms with E-state index in [1.807, 2.05) is 12.3 Å². The Labute approximate surface area is 177 Å². The Morgan fingerprint density at radius 1 is 1.40 bits per heavy atom. The van der Waals surface area contributed by atoms with Gasteiger partial charge in [0.15, 0.2) is 5.58 Å². The SMILES string of the molecule is Cc1nc(CCNC(=O)[C@H]2CCCN2S(=O)(=O)c2ccc3c(c2)oc(=O)n3C)cs1. The standard InChI is InChI=1S/C19H22N4O5S2/c1-12-21-13(11-29-12)7-8-20-18(24)16-4-3-9-23(16)30(26,27)14-5-6-15-17(10-14)28-19(25)22(15)2/h5-6,10-11,16H,3-4,7-9H2,1-2H3,(H,20,24)/t16-/m1/s1. The fraction of sp³-hybridized carbons (Fsp3) is 0.421. The molecule has 0 radical (unpaired) electrons. The largest absolute Gasteiger partial charge is 0.419 e. The van der Waals surface area contributed by atoms with Crippen molar-refractivity contribution in [2.75, 3.05) is 13.1 Å². The van der Waals surface area contributed by atoms with Gasteiger partial charge >= 0.3 is 5.76 Å². The van der Waals surface area contributed by atoms with Crippen LogP contribution in [0.3, 0.4) is 0 Å². The molecule has 30 heavy (non-hydrogen) atoms. The molecule has 11 heteroatoms. The van der Waals surface area contributed by atoms with Gasteiger partial charge in [0, 0.05) is 38.0 Å². The smallest absolute Gasteiger partial charge is 0.408 e. The normalized spacial score (nSPS) is 17.6. The van der Waals surface area contributed by atoms with Crippen LogP contribution in [0.5, 0.6) is 0 Å². The van der Waals surface area contributed by atoms with E-state index < -0.39 is 21.8 Å². The third kappa shape index (κ3) is 3.80. The minimum Gasteiger partial charge on any atom is -0.408 e. The maximum absolute atomic E-state index is 13.2. The van der Waals surface area contributed by atoms with Crippen LogP contribution in [-0.4, -0.2) is 47.3 Å². The fourth-order valence-corrected chi connectivity index (χ4v) is 5.97. The average Bonchev–Trinajstić information content (AvgIpc) is 3.42. The first-order chi connectivity index (χ1) is 14.3. The first-order valence-electron chi connectivity index (χ1n) is 9.57. The van der Waals surface area contributed by atoms with Crippen molar-refractivity contribution in [3.05, 3.63) is 44.8 Å². The van der Waals surface area contributed by atoms with Gasteiger partial charge in [-0.05, 0) is 31.9 Å². The van der Waals surface area contributed by atoms with E-state index in [1.54, 1.807) is 18.4 Å². The molecule has 1 atom stereocenters. The number of nitrogens with one attached hydrogen (secondary N) is 1. The van der Waals surface area contributed by atoms with E-state index in [0.717, 1.165) is 10.7 Å². The van der Waals surface area contributed by atoms with E-state index in [2.05, 4.69) is 10.3 Å². The first-order valence-corrected chi connectivity index (χ1v) is 11.9. The predicted octanol–water partition coefficient (Wildman–Crippen LogP) is 1.41. The van der Waals surface area contributed by atoms with Crippen LogP contribution in [0.1, 0.15) is 23.5 Å². The zero-order valence-corrected chi connectivity index (χ0v) is 18.3. The lowest BCUT2D eigenvalue weighted by molar-refractivity contribution is -0.124. The highest BCUT2D eigenvalue weighted by molar-refractivity contribution is 7.89. The number of amides is 1. The lowest BCUT2D eigenvalue weighted by Crippen LogP contribution is -2.46. The van der Waals surface area contributed by atoms with E-state index >= 15 is 0 Å². The first kappa shape index (κ1) is 20.8. The highest BCUT2D eigenvalue weighted by Gasteiger charge is 2.39. The number of carbonyl (C=O) groups excluding carboxylic acids is 1. The number of benzene rings is 1. The number of oxazole rings is 1. The molecule has 0 saturated carbocycles. The molecule has 3 heterocycles. The Morgan fingerprint density at radius 2 is 2.20 bits per heavy atom. The Kier molecular flexibility index (Phi) is 5.51. The van der Waals surface area contributed by atoms with Crippen molar-refractivity contribution >= 4 is 38.4 Å². The molecule has 1 aliphatic rings. The second-order valence-electron chi connectivity index (χ2n) is 7.23. The summed E-state index contributed by atoms with van der Waals surface area (Å²) in [5, 5.41) is 5.75. The topological polar surface area (TPSA) is 115 Å². The quantitative estimate of drug-likeness (QED) is 0.607. The third-order valence-electron chi connectivity index (χ3n) is 5.22. The van der Waals surface area contributed by atoms with Crippen molar-refractivity contribution in [2.24, 2.45) is 7.05 Å². The fourth-order valence-electron chi connectivity index (χ4n) is 3.65. The molecule has 0 bridgehead atoms. The van der Waals surface area contributed by atoms with E-state index in [4.69, 9.17) is 4.42 Å². The molecular formula is C19H22N4O5S2. The average molecular weight is 451 g/mol. The number of sulfonamides is 1. The van der Waals surface area contributed by atoms with Gasteiger partial charge in [-0.2, -0.15) is 4.31 Å². The van der Waals surface area contributed by atoms with Crippen LogP contribution in [0.25, 0.3) is 11.1 Å². The van der Waals surface area contributed by atoms with Gasteiger partial charge in [-0.25, -0.2) is 18.2 Å². The van der Waals surface area contributed by atoms with Gasteiger partial charge < -0.3 is 9.73 Å². The molecule has 1 fully saturated rings. The number of aryl methyl sites for hydroxylation is 2. The molecule has 0 spiro atoms. The molecule has 1 amide bonds. The summed E-state index contributed by atoms with van der Waals surface area (Å²) in [7, 11) is -2.36. The predicted molar refractivity (Wildman–Crippen MR) is 112 cm³/mol. The highest BCUT2D eigenvalue weighted by Crippen LogP contribution is 2.28. The van der Waals surface area contributed by atoms with Crippen LogP contribution >= 0.6 is 11.3 Å². The molecule has 9 nitrogen and oxygen atoms in total. The lowest BCUT2D eigenvalue weighted by atomic mass is 10.2. The van der Waals surface area contributed by atoms with Crippen molar-refractivity contribution in [3.63, 3.8) is 0 Å². The van der Waals surface area contributed by atoms with Gasteiger partial charge in [0.2, 0.25) is 15.9 Å². The summed E-state index contributed by atoms with van der Waals surface area (Å²) in [6, 6.07) is 3.55. The van der Waals surface area contributed by atoms with E-state index in [-0.39, 0.29) is 22.9 Å². The molecule has 1 saturated heterocycles. The molecule has 3 aromatic rings. The van der Waals surface area contributed by atoms with Crippen molar-refractivity contribution in [1.82, 2.24) is 19.2 Å². The zero-order valence-electron chi connectivity index (χ0n) is 16.6. The number of thiazole rings is 1. The monoisotopic (exact) mass is 450 g/mol. The summed E-state index contributed by atoms with van der Waals surface area (Å²) in [6.45, 7) is 2.59. The number of hydrogen-bond donors (Lipinski definition) is 1. The number of hydrogen-bond acceptors (Lipinski definition) is 7. The highest BCUT2D eigenvalue weighted by atomic mass is 32.2. The maximum Gasteiger partial charge on any atom is 0.419 e. The Morgan fingerprint density at radius 3 is 2.93 bits per heavy atom. The van der Waals surface area contributed by atoms with Crippen molar-refractivity contribution in [1.29, 1.82) is 0 Å². The molecular weight excluding hydrogens is 428 g/mol. The van der Waals surface area contributed by atoms with Gasteiger partial charge in [0.05, 0.1) is 21.1 Å². The van der Waals surface area contributed by atoms with Crippen molar-refractivity contribution < 1.29 is 17.6 Å². The van der Waals surface area contributed by atoms with Crippen molar-refractivity contribution in [3.8, 4) is 0 Å². The summed E-state index contributed by atoms with van der Waals surface area (Å²) in [5.74, 6) is -0.872. The van der Waals surface area contributed by atoms with E-state index in [0.29, 0.717) is 31.3 Å². The van der Waals surface area contributed by atoms with Crippen LogP contribution < -0.4 is 11.1 Å². The maximum atomic E-state index is 13.2. The molecule has 4 rings (SSSR count). The van der Waals surface area contributed by atoms with Crippen LogP contribution in [0.4, 0.5) is 0 Å². The summed E-state index contributed by atoms with van der Waals surface area (Å²) >= 11 is 1.55. The van der Waals surface area contributed by atoms with Gasteiger partial charge in [-0.15, -0.1) is 11.3 Å². The Bertz CT molecular complexity index is 1260. The molecule has 0 unspecified atom stereocenters. The molecule has 1 N–H and O–H groups in total. The number of aromatic nitrogens is 2. The molecule has 1 aromatic carbocycles. The van der Waals surface area contributed by atoms with Crippen LogP contribution in [-0.2, 0) is 28.3 Å². The summed E-state index contributed by atoms with van der Waals surface area (Å²) < 4.78 is 34.0. The van der Waals surface area contributed by atoms with Gasteiger partial charge in [0.1, 0.15) is 6.04 Å². The summed E-state index contributed by atoms with van der Waals surface area (Å²) in [4.78, 5) is 28.7. The molecule has 160 valence electrons. The van der Waals surface area contributed by atoms with Gasteiger partial charge in [0.25, 0.3) is 0 Å². The van der Waals surface area contributed by atoms with Gasteiger partial charge in [-0.3, -0.25) is 9.36 Å². The summed E-state index contributed by atoms with van der Waals surface area (Å²) in [6.07, 6.45) is 1.66. The molecule has 2 aromatic heterocycles. The minimum absolute atomic E-state index is 0.00185. The van der Waals surface area contributed by atoms with E-state index in [9.17, 15) is 18.0 Å². The van der Waals surface area contributed by atoms with E-state index in [1.165, 1.54) is 27.1 Å². The lowest BCUT2D eigenvalue weighted by Gasteiger charge is -2.23. The number of carbonyl (C=O) groups is 1. The Balaban J connectivity index is 1.50.